The lowest BCUT2D eigenvalue weighted by atomic mass is 9.99. The first-order valence-electron chi connectivity index (χ1n) is 8.93. The van der Waals surface area contributed by atoms with Gasteiger partial charge in [0.25, 0.3) is 0 Å². The van der Waals surface area contributed by atoms with Crippen LogP contribution in [0.2, 0.25) is 5.02 Å². The molecule has 1 fully saturated rings. The van der Waals surface area contributed by atoms with Crippen LogP contribution in [0.3, 0.4) is 0 Å². The molecule has 0 unspecified atom stereocenters. The van der Waals surface area contributed by atoms with Crippen molar-refractivity contribution in [1.29, 1.82) is 0 Å². The number of allylic oxidation sites excluding steroid dienone is 1. The van der Waals surface area contributed by atoms with Crippen LogP contribution in [-0.2, 0) is 0 Å². The number of halogens is 1. The lowest BCUT2D eigenvalue weighted by Crippen LogP contribution is -2.28. The maximum atomic E-state index is 6.58. The average Bonchev–Trinajstić information content (AvgIpc) is 2.83. The van der Waals surface area contributed by atoms with E-state index in [4.69, 9.17) is 11.6 Å². The molecule has 0 radical (unpaired) electrons. The van der Waals surface area contributed by atoms with Crippen LogP contribution in [0.4, 0.5) is 0 Å². The van der Waals surface area contributed by atoms with Crippen molar-refractivity contribution in [1.82, 2.24) is 10.2 Å². The van der Waals surface area contributed by atoms with E-state index >= 15 is 0 Å². The molecule has 25 heavy (non-hydrogen) atoms. The minimum Gasteiger partial charge on any atom is -0.349 e. The summed E-state index contributed by atoms with van der Waals surface area (Å²) in [5, 5.41) is 3.87. The van der Waals surface area contributed by atoms with Crippen molar-refractivity contribution in [3.8, 4) is 0 Å². The molecule has 1 aromatic carbocycles. The minimum atomic E-state index is 0.226. The Morgan fingerprint density at radius 2 is 2.20 bits per heavy atom. The molecule has 5 heteroatoms. The summed E-state index contributed by atoms with van der Waals surface area (Å²) < 4.78 is 0. The van der Waals surface area contributed by atoms with E-state index in [1.165, 1.54) is 24.0 Å². The molecule has 1 heterocycles. The summed E-state index contributed by atoms with van der Waals surface area (Å²) in [5.74, 6) is 0.876. The van der Waals surface area contributed by atoms with Crippen molar-refractivity contribution < 1.29 is 0 Å². The number of hydrogen-bond donors (Lipinski definition) is 1. The number of rotatable bonds is 6. The third kappa shape index (κ3) is 5.41. The van der Waals surface area contributed by atoms with Gasteiger partial charge in [-0.1, -0.05) is 36.6 Å². The van der Waals surface area contributed by atoms with Crippen LogP contribution < -0.4 is 5.32 Å². The van der Waals surface area contributed by atoms with Gasteiger partial charge in [-0.25, -0.2) is 4.99 Å². The Kier molecular flexibility index (Phi) is 7.66. The minimum absolute atomic E-state index is 0.226. The molecule has 1 saturated heterocycles. The number of nitrogens with zero attached hydrogens (tertiary/aromatic N) is 3. The van der Waals surface area contributed by atoms with Crippen LogP contribution in [0.5, 0.6) is 0 Å². The smallest absolute Gasteiger partial charge is 0.130 e. The highest BCUT2D eigenvalue weighted by Gasteiger charge is 2.26. The van der Waals surface area contributed by atoms with Crippen LogP contribution in [0.1, 0.15) is 49.8 Å². The highest BCUT2D eigenvalue weighted by atomic mass is 35.5. The largest absolute Gasteiger partial charge is 0.349 e. The fourth-order valence-corrected chi connectivity index (χ4v) is 3.62. The van der Waals surface area contributed by atoms with Crippen LogP contribution in [0, 0.1) is 6.92 Å². The van der Waals surface area contributed by atoms with Crippen molar-refractivity contribution in [2.24, 2.45) is 9.98 Å². The predicted molar refractivity (Wildman–Crippen MR) is 109 cm³/mol. The summed E-state index contributed by atoms with van der Waals surface area (Å²) >= 11 is 6.58. The highest BCUT2D eigenvalue weighted by Crippen LogP contribution is 2.37. The van der Waals surface area contributed by atoms with E-state index in [1.807, 2.05) is 26.1 Å². The summed E-state index contributed by atoms with van der Waals surface area (Å²) in [6, 6.07) is 6.56. The molecule has 1 aliphatic rings. The molecule has 0 bridgehead atoms. The fourth-order valence-electron chi connectivity index (χ4n) is 3.26. The van der Waals surface area contributed by atoms with Crippen molar-refractivity contribution in [2.75, 3.05) is 20.3 Å². The van der Waals surface area contributed by atoms with Gasteiger partial charge in [0.05, 0.1) is 12.7 Å². The second-order valence-corrected chi connectivity index (χ2v) is 6.96. The molecule has 4 nitrogen and oxygen atoms in total. The van der Waals surface area contributed by atoms with Gasteiger partial charge < -0.3 is 10.2 Å². The van der Waals surface area contributed by atoms with Gasteiger partial charge in [-0.2, -0.15) is 0 Å². The number of aryl methyl sites for hydroxylation is 1. The van der Waals surface area contributed by atoms with Gasteiger partial charge in [0.2, 0.25) is 0 Å². The van der Waals surface area contributed by atoms with Gasteiger partial charge in [0, 0.05) is 23.4 Å². The Hall–Kier alpha value is -1.65. The standard InChI is InChI=1S/C20H29ClN4/c1-15-9-10-17(18(21)12-15)19-8-6-5-7-11-25(19)20(23-4)13-16(2)24-14-22-3/h9-10,12-13,19,22H,4-8,11,14H2,1-3H3/b20-13+,24-16-/t19-/m1/s1. The first-order valence-corrected chi connectivity index (χ1v) is 9.31. The lowest BCUT2D eigenvalue weighted by Gasteiger charge is -2.33. The van der Waals surface area contributed by atoms with Crippen LogP contribution in [-0.4, -0.2) is 37.6 Å². The van der Waals surface area contributed by atoms with E-state index in [0.717, 1.165) is 35.9 Å². The summed E-state index contributed by atoms with van der Waals surface area (Å²) in [6.45, 7) is 9.42. The van der Waals surface area contributed by atoms with Crippen LogP contribution >= 0.6 is 11.6 Å². The van der Waals surface area contributed by atoms with Gasteiger partial charge in [0.15, 0.2) is 0 Å². The Morgan fingerprint density at radius 3 is 2.88 bits per heavy atom. The molecule has 0 spiro atoms. The van der Waals surface area contributed by atoms with Crippen molar-refractivity contribution in [3.63, 3.8) is 0 Å². The van der Waals surface area contributed by atoms with E-state index in [2.05, 4.69) is 46.0 Å². The highest BCUT2D eigenvalue weighted by molar-refractivity contribution is 6.31. The molecule has 0 saturated carbocycles. The summed E-state index contributed by atoms with van der Waals surface area (Å²) in [6.07, 6.45) is 6.67. The molecule has 1 N–H and O–H groups in total. The molecule has 0 amide bonds. The average molecular weight is 361 g/mol. The second kappa shape index (κ2) is 9.73. The molecule has 1 aromatic rings. The zero-order chi connectivity index (χ0) is 18.2. The first kappa shape index (κ1) is 19.7. The maximum absolute atomic E-state index is 6.58. The number of likely N-dealkylation sites (tertiary alicyclic amines) is 1. The molecule has 1 atom stereocenters. The van der Waals surface area contributed by atoms with E-state index in [1.54, 1.807) is 0 Å². The zero-order valence-corrected chi connectivity index (χ0v) is 16.3. The van der Waals surface area contributed by atoms with Gasteiger partial charge in [-0.15, -0.1) is 0 Å². The second-order valence-electron chi connectivity index (χ2n) is 6.56. The van der Waals surface area contributed by atoms with E-state index < -0.39 is 0 Å². The maximum Gasteiger partial charge on any atom is 0.130 e. The fraction of sp³-hybridized carbons (Fsp3) is 0.500. The Labute approximate surface area is 156 Å². The van der Waals surface area contributed by atoms with Gasteiger partial charge in [-0.3, -0.25) is 4.99 Å². The van der Waals surface area contributed by atoms with Crippen molar-refractivity contribution in [2.45, 2.75) is 45.6 Å². The third-order valence-corrected chi connectivity index (χ3v) is 4.88. The molecule has 1 aliphatic heterocycles. The summed E-state index contributed by atoms with van der Waals surface area (Å²) in [5.41, 5.74) is 3.30. The number of nitrogens with one attached hydrogen (secondary N) is 1. The number of benzene rings is 1. The van der Waals surface area contributed by atoms with E-state index in [-0.39, 0.29) is 6.04 Å². The third-order valence-electron chi connectivity index (χ3n) is 4.55. The van der Waals surface area contributed by atoms with Crippen LogP contribution in [0.15, 0.2) is 40.1 Å². The zero-order valence-electron chi connectivity index (χ0n) is 15.6. The van der Waals surface area contributed by atoms with Gasteiger partial charge in [0.1, 0.15) is 5.82 Å². The predicted octanol–water partition coefficient (Wildman–Crippen LogP) is 4.75. The Balaban J connectivity index is 2.38. The number of hydrogen-bond acceptors (Lipinski definition) is 4. The van der Waals surface area contributed by atoms with Crippen LogP contribution in [0.25, 0.3) is 0 Å². The SMILES string of the molecule is C=N/C(=C\C(C)=N/CNC)N1CCCCC[C@@H]1c1ccc(C)cc1Cl. The van der Waals surface area contributed by atoms with E-state index in [9.17, 15) is 0 Å². The van der Waals surface area contributed by atoms with E-state index in [0.29, 0.717) is 6.67 Å². The molecule has 2 rings (SSSR count). The first-order chi connectivity index (χ1) is 12.1. The Bertz CT molecular complexity index is 651. The number of aliphatic imine (C=N–C) groups is 2. The monoisotopic (exact) mass is 360 g/mol. The molecular weight excluding hydrogens is 332 g/mol. The Morgan fingerprint density at radius 1 is 1.40 bits per heavy atom. The van der Waals surface area contributed by atoms with Crippen molar-refractivity contribution >= 4 is 24.0 Å². The normalized spacial score (nSPS) is 19.7. The molecule has 136 valence electrons. The van der Waals surface area contributed by atoms with Crippen molar-refractivity contribution in [3.05, 3.63) is 46.2 Å². The molecular formula is C20H29ClN4. The van der Waals surface area contributed by atoms with Gasteiger partial charge in [-0.05, 0) is 57.6 Å². The lowest BCUT2D eigenvalue weighted by molar-refractivity contribution is 0.258. The summed E-state index contributed by atoms with van der Waals surface area (Å²) in [7, 11) is 1.89. The topological polar surface area (TPSA) is 40.0 Å². The van der Waals surface area contributed by atoms with Gasteiger partial charge >= 0.3 is 0 Å². The molecule has 0 aromatic heterocycles. The quantitative estimate of drug-likeness (QED) is 0.744. The summed E-state index contributed by atoms with van der Waals surface area (Å²) in [4.78, 5) is 11.1. The molecule has 0 aliphatic carbocycles.